The van der Waals surface area contributed by atoms with Crippen LogP contribution in [0.15, 0.2) is 59.5 Å². The summed E-state index contributed by atoms with van der Waals surface area (Å²) in [6.45, 7) is 1.05. The third kappa shape index (κ3) is 5.54. The predicted octanol–water partition coefficient (Wildman–Crippen LogP) is 5.21. The highest BCUT2D eigenvalue weighted by molar-refractivity contribution is 7.92. The number of rotatable bonds is 8. The van der Waals surface area contributed by atoms with E-state index >= 15 is 0 Å². The monoisotopic (exact) mass is 558 g/mol. The molecule has 0 spiro atoms. The van der Waals surface area contributed by atoms with Gasteiger partial charge in [0.15, 0.2) is 11.5 Å². The Labute approximate surface area is 220 Å². The number of ether oxygens (including phenoxy) is 2. The van der Waals surface area contributed by atoms with Gasteiger partial charge in [-0.3, -0.25) is 4.31 Å². The summed E-state index contributed by atoms with van der Waals surface area (Å²) < 4.78 is 68.9. The number of sulfonamides is 1. The SMILES string of the molecule is COc1ccc(S(=O)(=O)N(c2ccc(Cl)cc2Cc2c(F)cccc2F)[C@H]2CCNC2)cc1OC.Cl. The number of nitrogens with zero attached hydrogens (tertiary/aromatic N) is 1. The lowest BCUT2D eigenvalue weighted by atomic mass is 10.0. The van der Waals surface area contributed by atoms with Crippen molar-refractivity contribution < 1.29 is 26.7 Å². The molecule has 3 aromatic rings. The first-order valence-electron chi connectivity index (χ1n) is 10.9. The Kier molecular flexibility index (Phi) is 9.05. The summed E-state index contributed by atoms with van der Waals surface area (Å²) in [7, 11) is -1.23. The van der Waals surface area contributed by atoms with Gasteiger partial charge in [0.1, 0.15) is 11.6 Å². The fourth-order valence-electron chi connectivity index (χ4n) is 4.25. The van der Waals surface area contributed by atoms with E-state index in [1.54, 1.807) is 18.2 Å². The molecular weight excluding hydrogens is 533 g/mol. The van der Waals surface area contributed by atoms with E-state index in [1.807, 2.05) is 0 Å². The van der Waals surface area contributed by atoms with Crippen LogP contribution in [0, 0.1) is 11.6 Å². The van der Waals surface area contributed by atoms with E-state index < -0.39 is 27.7 Å². The molecule has 0 aliphatic carbocycles. The summed E-state index contributed by atoms with van der Waals surface area (Å²) in [5, 5.41) is 3.52. The molecule has 1 atom stereocenters. The lowest BCUT2D eigenvalue weighted by molar-refractivity contribution is 0.354. The lowest BCUT2D eigenvalue weighted by Crippen LogP contribution is -2.42. The van der Waals surface area contributed by atoms with Gasteiger partial charge in [0.25, 0.3) is 10.0 Å². The van der Waals surface area contributed by atoms with Gasteiger partial charge in [-0.2, -0.15) is 0 Å². The summed E-state index contributed by atoms with van der Waals surface area (Å²) in [5.74, 6) is -0.772. The van der Waals surface area contributed by atoms with Gasteiger partial charge in [0.2, 0.25) is 0 Å². The van der Waals surface area contributed by atoms with Crippen molar-refractivity contribution in [1.82, 2.24) is 5.32 Å². The highest BCUT2D eigenvalue weighted by Crippen LogP contribution is 2.37. The minimum Gasteiger partial charge on any atom is -0.493 e. The molecule has 1 N–H and O–H groups in total. The van der Waals surface area contributed by atoms with Crippen molar-refractivity contribution in [3.8, 4) is 11.5 Å². The quantitative estimate of drug-likeness (QED) is 0.411. The molecule has 11 heteroatoms. The number of nitrogens with one attached hydrogen (secondary N) is 1. The average Bonchev–Trinajstić information content (AvgIpc) is 3.36. The second-order valence-corrected chi connectivity index (χ2v) is 10.4. The van der Waals surface area contributed by atoms with Gasteiger partial charge < -0.3 is 14.8 Å². The predicted molar refractivity (Wildman–Crippen MR) is 138 cm³/mol. The van der Waals surface area contributed by atoms with Gasteiger partial charge in [-0.1, -0.05) is 17.7 Å². The van der Waals surface area contributed by atoms with Crippen LogP contribution < -0.4 is 19.1 Å². The second-order valence-electron chi connectivity index (χ2n) is 8.11. The summed E-state index contributed by atoms with van der Waals surface area (Å²) in [5.41, 5.74) is 0.530. The largest absolute Gasteiger partial charge is 0.493 e. The molecule has 0 saturated carbocycles. The van der Waals surface area contributed by atoms with Crippen molar-refractivity contribution in [1.29, 1.82) is 0 Å². The summed E-state index contributed by atoms with van der Waals surface area (Å²) in [6, 6.07) is 12.3. The fourth-order valence-corrected chi connectivity index (χ4v) is 6.18. The van der Waals surface area contributed by atoms with Gasteiger partial charge in [0.05, 0.1) is 30.8 Å². The third-order valence-electron chi connectivity index (χ3n) is 5.99. The molecule has 0 unspecified atom stereocenters. The van der Waals surface area contributed by atoms with E-state index in [4.69, 9.17) is 21.1 Å². The molecular formula is C25H26Cl2F2N2O4S. The Morgan fingerprint density at radius 1 is 1.03 bits per heavy atom. The zero-order valence-corrected chi connectivity index (χ0v) is 22.0. The van der Waals surface area contributed by atoms with Crippen LogP contribution >= 0.6 is 24.0 Å². The molecule has 1 heterocycles. The molecule has 3 aromatic carbocycles. The molecule has 1 saturated heterocycles. The Morgan fingerprint density at radius 3 is 2.33 bits per heavy atom. The molecule has 0 radical (unpaired) electrons. The smallest absolute Gasteiger partial charge is 0.264 e. The van der Waals surface area contributed by atoms with Crippen molar-refractivity contribution in [3.63, 3.8) is 0 Å². The number of anilines is 1. The molecule has 4 rings (SSSR count). The van der Waals surface area contributed by atoms with Crippen molar-refractivity contribution >= 4 is 39.7 Å². The lowest BCUT2D eigenvalue weighted by Gasteiger charge is -2.32. The Morgan fingerprint density at radius 2 is 1.72 bits per heavy atom. The van der Waals surface area contributed by atoms with E-state index in [-0.39, 0.29) is 35.0 Å². The standard InChI is InChI=1S/C25H25ClF2N2O4S.ClH/c1-33-24-9-7-19(14-25(24)34-2)35(31,32)30(18-10-11-29-15-18)23-8-6-17(26)12-16(23)13-20-21(27)4-3-5-22(20)28;/h3-9,12,14,18,29H,10-11,13,15H2,1-2H3;1H/t18-;/m0./s1. The van der Waals surface area contributed by atoms with E-state index in [0.717, 1.165) is 0 Å². The number of halogens is 4. The molecule has 6 nitrogen and oxygen atoms in total. The maximum absolute atomic E-state index is 14.5. The van der Waals surface area contributed by atoms with E-state index in [1.165, 1.54) is 54.9 Å². The minimum absolute atomic E-state index is 0. The second kappa shape index (κ2) is 11.6. The van der Waals surface area contributed by atoms with Crippen molar-refractivity contribution in [3.05, 3.63) is 82.4 Å². The average molecular weight is 559 g/mol. The summed E-state index contributed by atoms with van der Waals surface area (Å²) in [6.07, 6.45) is 0.384. The highest BCUT2D eigenvalue weighted by Gasteiger charge is 2.35. The molecule has 0 amide bonds. The molecule has 0 bridgehead atoms. The first kappa shape index (κ1) is 28.0. The summed E-state index contributed by atoms with van der Waals surface area (Å²) >= 11 is 6.23. The maximum Gasteiger partial charge on any atom is 0.264 e. The minimum atomic E-state index is -4.12. The van der Waals surface area contributed by atoms with Crippen molar-refractivity contribution in [2.45, 2.75) is 23.8 Å². The normalized spacial score (nSPS) is 15.3. The van der Waals surface area contributed by atoms with Crippen LogP contribution in [0.25, 0.3) is 0 Å². The first-order chi connectivity index (χ1) is 16.8. The first-order valence-corrected chi connectivity index (χ1v) is 12.8. The van der Waals surface area contributed by atoms with Crippen LogP contribution in [0.3, 0.4) is 0 Å². The van der Waals surface area contributed by atoms with E-state index in [2.05, 4.69) is 5.32 Å². The molecule has 36 heavy (non-hydrogen) atoms. The molecule has 1 aliphatic heterocycles. The molecule has 1 aliphatic rings. The highest BCUT2D eigenvalue weighted by atomic mass is 35.5. The van der Waals surface area contributed by atoms with Crippen LogP contribution in [0.1, 0.15) is 17.5 Å². The Balaban J connectivity index is 0.00000361. The van der Waals surface area contributed by atoms with Gasteiger partial charge in [0, 0.05) is 29.6 Å². The number of hydrogen-bond acceptors (Lipinski definition) is 5. The fraction of sp³-hybridized carbons (Fsp3) is 0.280. The third-order valence-corrected chi connectivity index (χ3v) is 8.08. The number of benzene rings is 3. The topological polar surface area (TPSA) is 67.9 Å². The van der Waals surface area contributed by atoms with E-state index in [0.29, 0.717) is 41.5 Å². The molecule has 194 valence electrons. The molecule has 0 aromatic heterocycles. The maximum atomic E-state index is 14.5. The Hall–Kier alpha value is -2.59. The van der Waals surface area contributed by atoms with Crippen molar-refractivity contribution in [2.24, 2.45) is 0 Å². The van der Waals surface area contributed by atoms with Gasteiger partial charge in [-0.15, -0.1) is 12.4 Å². The van der Waals surface area contributed by atoms with Gasteiger partial charge >= 0.3 is 0 Å². The molecule has 1 fully saturated rings. The van der Waals surface area contributed by atoms with Gasteiger partial charge in [-0.05, 0) is 61.0 Å². The number of methoxy groups -OCH3 is 2. The van der Waals surface area contributed by atoms with Crippen LogP contribution in [0.2, 0.25) is 5.02 Å². The van der Waals surface area contributed by atoms with Gasteiger partial charge in [-0.25, -0.2) is 17.2 Å². The van der Waals surface area contributed by atoms with Crippen LogP contribution in [0.4, 0.5) is 14.5 Å². The number of hydrogen-bond donors (Lipinski definition) is 1. The van der Waals surface area contributed by atoms with Crippen LogP contribution in [-0.2, 0) is 16.4 Å². The zero-order chi connectivity index (χ0) is 25.2. The van der Waals surface area contributed by atoms with Crippen LogP contribution in [0.5, 0.6) is 11.5 Å². The van der Waals surface area contributed by atoms with Crippen LogP contribution in [-0.4, -0.2) is 41.8 Å². The van der Waals surface area contributed by atoms with E-state index in [9.17, 15) is 17.2 Å². The summed E-state index contributed by atoms with van der Waals surface area (Å²) in [4.78, 5) is 0.0000206. The zero-order valence-electron chi connectivity index (χ0n) is 19.6. The Bertz CT molecular complexity index is 1320. The van der Waals surface area contributed by atoms with Crippen molar-refractivity contribution in [2.75, 3.05) is 31.6 Å².